The molecule has 0 amide bonds. The second kappa shape index (κ2) is 10.4. The van der Waals surface area contributed by atoms with Gasteiger partial charge in [-0.15, -0.1) is 0 Å². The van der Waals surface area contributed by atoms with E-state index in [-0.39, 0.29) is 0 Å². The average molecular weight is 458 g/mol. The number of hydrogen-bond donors (Lipinski definition) is 2. The monoisotopic (exact) mass is 456 g/mol. The van der Waals surface area contributed by atoms with Crippen LogP contribution in [-0.4, -0.2) is 37.9 Å². The lowest BCUT2D eigenvalue weighted by molar-refractivity contribution is 0.953. The van der Waals surface area contributed by atoms with E-state index < -0.39 is 0 Å². The predicted molar refractivity (Wildman–Crippen MR) is 121 cm³/mol. The van der Waals surface area contributed by atoms with Gasteiger partial charge in [-0.2, -0.15) is 0 Å². The molecule has 4 nitrogen and oxygen atoms in total. The van der Waals surface area contributed by atoms with Crippen LogP contribution in [0.1, 0.15) is 11.1 Å². The highest BCUT2D eigenvalue weighted by Crippen LogP contribution is 2.25. The Morgan fingerprint density at radius 2 is 1.32 bits per heavy atom. The maximum atomic E-state index is 6.04. The van der Waals surface area contributed by atoms with Gasteiger partial charge in [-0.05, 0) is 35.4 Å². The maximum absolute atomic E-state index is 6.04. The van der Waals surface area contributed by atoms with Crippen molar-refractivity contribution in [3.8, 4) is 0 Å². The fourth-order valence-corrected chi connectivity index (χ4v) is 3.69. The van der Waals surface area contributed by atoms with Crippen molar-refractivity contribution in [3.63, 3.8) is 0 Å². The predicted octanol–water partition coefficient (Wildman–Crippen LogP) is 5.08. The Bertz CT molecular complexity index is 876. The summed E-state index contributed by atoms with van der Waals surface area (Å²) in [5.74, 6) is 2.00. The van der Waals surface area contributed by atoms with E-state index in [4.69, 9.17) is 46.4 Å². The van der Waals surface area contributed by atoms with E-state index in [1.165, 1.54) is 0 Å². The number of rotatable bonds is 4. The maximum Gasteiger partial charge on any atom is 0.101 e. The Balaban J connectivity index is 0.000000161. The quantitative estimate of drug-likeness (QED) is 0.672. The first-order chi connectivity index (χ1) is 13.5. The van der Waals surface area contributed by atoms with Crippen molar-refractivity contribution in [2.75, 3.05) is 26.2 Å². The molecular weight excluding hydrogens is 438 g/mol. The molecule has 28 heavy (non-hydrogen) atoms. The molecule has 0 radical (unpaired) electrons. The number of nitrogens with zero attached hydrogens (tertiary/aromatic N) is 2. The number of nitrogens with one attached hydrogen (secondary N) is 2. The number of halogens is 4. The van der Waals surface area contributed by atoms with Gasteiger partial charge in [0, 0.05) is 36.0 Å². The van der Waals surface area contributed by atoms with Gasteiger partial charge in [0.15, 0.2) is 0 Å². The molecule has 0 aliphatic carbocycles. The molecule has 2 heterocycles. The highest BCUT2D eigenvalue weighted by atomic mass is 35.5. The highest BCUT2D eigenvalue weighted by Gasteiger charge is 2.11. The van der Waals surface area contributed by atoms with Crippen molar-refractivity contribution in [1.29, 1.82) is 0 Å². The molecule has 4 rings (SSSR count). The summed E-state index contributed by atoms with van der Waals surface area (Å²) in [6.45, 7) is 3.57. The molecule has 0 atom stereocenters. The summed E-state index contributed by atoms with van der Waals surface area (Å²) in [6.07, 6.45) is 1.50. The average Bonchev–Trinajstić information content (AvgIpc) is 3.36. The summed E-state index contributed by atoms with van der Waals surface area (Å²) >= 11 is 23.8. The van der Waals surface area contributed by atoms with Gasteiger partial charge in [-0.3, -0.25) is 9.98 Å². The molecule has 2 aliphatic rings. The smallest absolute Gasteiger partial charge is 0.101 e. The molecule has 0 aromatic heterocycles. The van der Waals surface area contributed by atoms with Crippen LogP contribution >= 0.6 is 46.4 Å². The molecule has 0 spiro atoms. The third kappa shape index (κ3) is 6.02. The molecule has 0 fully saturated rings. The van der Waals surface area contributed by atoms with Crippen LogP contribution in [0.4, 0.5) is 0 Å². The normalized spacial score (nSPS) is 15.1. The Hall–Kier alpha value is -1.46. The number of hydrogen-bond acceptors (Lipinski definition) is 4. The molecule has 148 valence electrons. The second-order valence-corrected chi connectivity index (χ2v) is 7.94. The van der Waals surface area contributed by atoms with Crippen molar-refractivity contribution in [2.24, 2.45) is 9.98 Å². The van der Waals surface area contributed by atoms with Gasteiger partial charge >= 0.3 is 0 Å². The summed E-state index contributed by atoms with van der Waals surface area (Å²) in [4.78, 5) is 8.61. The van der Waals surface area contributed by atoms with Gasteiger partial charge in [-0.1, -0.05) is 58.5 Å². The second-order valence-electron chi connectivity index (χ2n) is 6.31. The lowest BCUT2D eigenvalue weighted by atomic mass is 10.1. The Morgan fingerprint density at radius 3 is 1.86 bits per heavy atom. The molecule has 0 bridgehead atoms. The number of benzene rings is 2. The van der Waals surface area contributed by atoms with E-state index in [1.807, 2.05) is 36.4 Å². The summed E-state index contributed by atoms with van der Waals surface area (Å²) in [6, 6.07) is 11.2. The van der Waals surface area contributed by atoms with E-state index in [1.54, 1.807) is 0 Å². The fraction of sp³-hybridized carbons (Fsp3) is 0.300. The minimum Gasteiger partial charge on any atom is -0.372 e. The van der Waals surface area contributed by atoms with E-state index >= 15 is 0 Å². The van der Waals surface area contributed by atoms with Gasteiger partial charge in [0.1, 0.15) is 11.7 Å². The lowest BCUT2D eigenvalue weighted by Crippen LogP contribution is -2.20. The molecule has 8 heteroatoms. The topological polar surface area (TPSA) is 48.8 Å². The van der Waals surface area contributed by atoms with Crippen LogP contribution in [0, 0.1) is 0 Å². The fourth-order valence-electron chi connectivity index (χ4n) is 2.84. The van der Waals surface area contributed by atoms with Gasteiger partial charge < -0.3 is 10.6 Å². The van der Waals surface area contributed by atoms with E-state index in [2.05, 4.69) is 20.6 Å². The van der Waals surface area contributed by atoms with Crippen molar-refractivity contribution in [2.45, 2.75) is 12.8 Å². The van der Waals surface area contributed by atoms with Crippen molar-refractivity contribution in [1.82, 2.24) is 10.6 Å². The zero-order valence-corrected chi connectivity index (χ0v) is 18.1. The largest absolute Gasteiger partial charge is 0.372 e. The van der Waals surface area contributed by atoms with E-state index in [9.17, 15) is 0 Å². The SMILES string of the molecule is Clc1ccc(CC2=NCCN2)cc1Cl.Clc1cccc(Cl)c1CC1=NCCN1. The molecule has 2 N–H and O–H groups in total. The number of amidine groups is 2. The van der Waals surface area contributed by atoms with Crippen molar-refractivity contribution < 1.29 is 0 Å². The Morgan fingerprint density at radius 1 is 0.714 bits per heavy atom. The van der Waals surface area contributed by atoms with Crippen LogP contribution in [0.15, 0.2) is 46.4 Å². The van der Waals surface area contributed by atoms with Crippen LogP contribution in [0.2, 0.25) is 20.1 Å². The molecule has 0 saturated heterocycles. The first-order valence-corrected chi connectivity index (χ1v) is 10.5. The van der Waals surface area contributed by atoms with Crippen LogP contribution in [0.5, 0.6) is 0 Å². The minimum absolute atomic E-state index is 0.594. The lowest BCUT2D eigenvalue weighted by Gasteiger charge is -2.06. The first kappa shape index (κ1) is 21.3. The third-order valence-corrected chi connectivity index (χ3v) is 5.70. The zero-order valence-electron chi connectivity index (χ0n) is 15.1. The molecule has 2 aliphatic heterocycles. The molecular formula is C20H20Cl4N4. The third-order valence-electron chi connectivity index (χ3n) is 4.25. The Kier molecular flexibility index (Phi) is 7.86. The first-order valence-electron chi connectivity index (χ1n) is 8.94. The molecule has 0 saturated carbocycles. The molecule has 2 aromatic carbocycles. The van der Waals surface area contributed by atoms with Crippen LogP contribution in [-0.2, 0) is 12.8 Å². The summed E-state index contributed by atoms with van der Waals surface area (Å²) in [5, 5.41) is 9.00. The van der Waals surface area contributed by atoms with Crippen molar-refractivity contribution in [3.05, 3.63) is 67.6 Å². The summed E-state index contributed by atoms with van der Waals surface area (Å²) in [7, 11) is 0. The zero-order chi connectivity index (χ0) is 19.9. The number of aliphatic imine (C=N–C) groups is 2. The minimum atomic E-state index is 0.594. The van der Waals surface area contributed by atoms with Gasteiger partial charge in [0.05, 0.1) is 23.1 Å². The molecule has 2 aromatic rings. The van der Waals surface area contributed by atoms with Gasteiger partial charge in [0.2, 0.25) is 0 Å². The van der Waals surface area contributed by atoms with E-state index in [0.29, 0.717) is 26.5 Å². The summed E-state index contributed by atoms with van der Waals surface area (Å²) < 4.78 is 0. The van der Waals surface area contributed by atoms with Gasteiger partial charge in [-0.25, -0.2) is 0 Å². The van der Waals surface area contributed by atoms with Crippen LogP contribution < -0.4 is 10.6 Å². The van der Waals surface area contributed by atoms with Gasteiger partial charge in [0.25, 0.3) is 0 Å². The highest BCUT2D eigenvalue weighted by molar-refractivity contribution is 6.42. The molecule has 0 unspecified atom stereocenters. The van der Waals surface area contributed by atoms with E-state index in [0.717, 1.165) is 55.4 Å². The standard InChI is InChI=1S/2C10H10Cl2N2/c11-8-2-1-7(5-9(8)12)6-10-13-3-4-14-10;11-8-2-1-3-9(12)7(8)6-10-13-4-5-14-10/h1-2,5H,3-4,6H2,(H,13,14);1-3H,4-6H2,(H,13,14). The van der Waals surface area contributed by atoms with Crippen LogP contribution in [0.25, 0.3) is 0 Å². The van der Waals surface area contributed by atoms with Crippen molar-refractivity contribution >= 4 is 58.1 Å². The Labute approximate surface area is 185 Å². The summed E-state index contributed by atoms with van der Waals surface area (Å²) in [5.41, 5.74) is 2.08. The van der Waals surface area contributed by atoms with Crippen LogP contribution in [0.3, 0.4) is 0 Å².